The summed E-state index contributed by atoms with van der Waals surface area (Å²) in [4.78, 5) is 31.1. The fraction of sp³-hybridized carbons (Fsp3) is 0.316. The predicted molar refractivity (Wildman–Crippen MR) is 105 cm³/mol. The largest absolute Gasteiger partial charge is 0.462 e. The zero-order chi connectivity index (χ0) is 18.7. The molecule has 0 aliphatic heterocycles. The maximum atomic E-state index is 13.3. The van der Waals surface area contributed by atoms with E-state index >= 15 is 0 Å². The van der Waals surface area contributed by atoms with Crippen LogP contribution in [0.5, 0.6) is 0 Å². The SMILES string of the molecule is CCCNc1nc2sc(C(=O)OCC)c(C)c2c(=O)n1-c1ccccc1. The molecule has 0 atom stereocenters. The predicted octanol–water partition coefficient (Wildman–Crippen LogP) is 3.75. The smallest absolute Gasteiger partial charge is 0.348 e. The lowest BCUT2D eigenvalue weighted by Gasteiger charge is -2.13. The Balaban J connectivity index is 2.27. The number of hydrogen-bond acceptors (Lipinski definition) is 6. The highest BCUT2D eigenvalue weighted by Gasteiger charge is 2.22. The van der Waals surface area contributed by atoms with Gasteiger partial charge in [-0.2, -0.15) is 0 Å². The minimum atomic E-state index is -0.415. The fourth-order valence-electron chi connectivity index (χ4n) is 2.75. The van der Waals surface area contributed by atoms with Gasteiger partial charge < -0.3 is 10.1 Å². The van der Waals surface area contributed by atoms with E-state index in [1.54, 1.807) is 18.4 Å². The van der Waals surface area contributed by atoms with E-state index in [0.717, 1.165) is 12.1 Å². The van der Waals surface area contributed by atoms with Crippen LogP contribution in [0.1, 0.15) is 35.5 Å². The Hall–Kier alpha value is -2.67. The number of aryl methyl sites for hydroxylation is 1. The first-order chi connectivity index (χ1) is 12.6. The van der Waals surface area contributed by atoms with Gasteiger partial charge in [0.25, 0.3) is 5.56 Å². The summed E-state index contributed by atoms with van der Waals surface area (Å²) in [7, 11) is 0. The third-order valence-corrected chi connectivity index (χ3v) is 5.14. The van der Waals surface area contributed by atoms with Gasteiger partial charge in [-0.3, -0.25) is 4.79 Å². The number of ether oxygens (including phenoxy) is 1. The number of carbonyl (C=O) groups excluding carboxylic acids is 1. The van der Waals surface area contributed by atoms with Gasteiger partial charge in [-0.15, -0.1) is 11.3 Å². The number of aromatic nitrogens is 2. The molecule has 0 unspecified atom stereocenters. The number of anilines is 1. The molecule has 2 heterocycles. The first-order valence-corrected chi connectivity index (χ1v) is 9.42. The number of benzene rings is 1. The molecule has 2 aromatic heterocycles. The zero-order valence-corrected chi connectivity index (χ0v) is 15.9. The summed E-state index contributed by atoms with van der Waals surface area (Å²) < 4.78 is 6.67. The second kappa shape index (κ2) is 7.70. The molecule has 0 radical (unpaired) electrons. The lowest BCUT2D eigenvalue weighted by atomic mass is 10.2. The van der Waals surface area contributed by atoms with E-state index in [2.05, 4.69) is 10.3 Å². The van der Waals surface area contributed by atoms with Gasteiger partial charge in [0.2, 0.25) is 5.95 Å². The number of carbonyl (C=O) groups is 1. The van der Waals surface area contributed by atoms with Crippen LogP contribution in [0.2, 0.25) is 0 Å². The molecule has 0 fully saturated rings. The molecule has 1 N–H and O–H groups in total. The normalized spacial score (nSPS) is 10.9. The molecule has 0 saturated heterocycles. The van der Waals surface area contributed by atoms with Gasteiger partial charge in [-0.1, -0.05) is 25.1 Å². The summed E-state index contributed by atoms with van der Waals surface area (Å²) in [5.74, 6) is 0.0638. The van der Waals surface area contributed by atoms with Crippen molar-refractivity contribution in [1.29, 1.82) is 0 Å². The van der Waals surface area contributed by atoms with Crippen molar-refractivity contribution in [2.75, 3.05) is 18.5 Å². The minimum Gasteiger partial charge on any atom is -0.462 e. The Bertz CT molecular complexity index is 993. The number of esters is 1. The fourth-order valence-corrected chi connectivity index (χ4v) is 3.81. The van der Waals surface area contributed by atoms with Gasteiger partial charge in [0.05, 0.1) is 17.7 Å². The molecular formula is C19H21N3O3S. The molecule has 0 saturated carbocycles. The van der Waals surface area contributed by atoms with Crippen molar-refractivity contribution < 1.29 is 9.53 Å². The van der Waals surface area contributed by atoms with E-state index in [-0.39, 0.29) is 12.2 Å². The topological polar surface area (TPSA) is 73.2 Å². The monoisotopic (exact) mass is 371 g/mol. The third-order valence-electron chi connectivity index (χ3n) is 3.97. The lowest BCUT2D eigenvalue weighted by molar-refractivity contribution is 0.0531. The standard InChI is InChI=1S/C19H21N3O3S/c1-4-11-20-19-21-16-14(12(3)15(26-16)18(24)25-5-2)17(23)22(19)13-9-7-6-8-10-13/h6-10H,4-5,11H2,1-3H3,(H,20,21). The number of para-hydroxylation sites is 1. The van der Waals surface area contributed by atoms with Crippen molar-refractivity contribution in [3.8, 4) is 5.69 Å². The van der Waals surface area contributed by atoms with Gasteiger partial charge in [-0.05, 0) is 38.0 Å². The van der Waals surface area contributed by atoms with Crippen molar-refractivity contribution >= 4 is 33.5 Å². The van der Waals surface area contributed by atoms with Crippen LogP contribution in [0.4, 0.5) is 5.95 Å². The number of hydrogen-bond donors (Lipinski definition) is 1. The molecule has 0 amide bonds. The Morgan fingerprint density at radius 1 is 1.27 bits per heavy atom. The molecule has 0 aliphatic carbocycles. The maximum Gasteiger partial charge on any atom is 0.348 e. The number of nitrogens with one attached hydrogen (secondary N) is 1. The van der Waals surface area contributed by atoms with Crippen molar-refractivity contribution in [3.05, 3.63) is 51.1 Å². The highest BCUT2D eigenvalue weighted by atomic mass is 32.1. The maximum absolute atomic E-state index is 13.3. The number of fused-ring (bicyclic) bond motifs is 1. The molecule has 1 aromatic carbocycles. The summed E-state index contributed by atoms with van der Waals surface area (Å²) in [5, 5.41) is 3.68. The molecule has 26 heavy (non-hydrogen) atoms. The number of nitrogens with zero attached hydrogens (tertiary/aromatic N) is 2. The van der Waals surface area contributed by atoms with Gasteiger partial charge >= 0.3 is 5.97 Å². The number of rotatable bonds is 6. The quantitative estimate of drug-likeness (QED) is 0.668. The van der Waals surface area contributed by atoms with Crippen LogP contribution < -0.4 is 10.9 Å². The second-order valence-electron chi connectivity index (χ2n) is 5.80. The summed E-state index contributed by atoms with van der Waals surface area (Å²) in [6.45, 7) is 6.55. The van der Waals surface area contributed by atoms with Gasteiger partial charge in [0.15, 0.2) is 0 Å². The van der Waals surface area contributed by atoms with E-state index in [0.29, 0.717) is 33.2 Å². The molecule has 0 aliphatic rings. The van der Waals surface area contributed by atoms with Gasteiger partial charge in [-0.25, -0.2) is 14.3 Å². The average molecular weight is 371 g/mol. The van der Waals surface area contributed by atoms with Crippen LogP contribution in [0.25, 0.3) is 15.9 Å². The van der Waals surface area contributed by atoms with Gasteiger partial charge in [0.1, 0.15) is 9.71 Å². The first-order valence-electron chi connectivity index (χ1n) is 8.61. The highest BCUT2D eigenvalue weighted by molar-refractivity contribution is 7.20. The first kappa shape index (κ1) is 18.1. The highest BCUT2D eigenvalue weighted by Crippen LogP contribution is 2.29. The molecule has 3 aromatic rings. The molecule has 136 valence electrons. The van der Waals surface area contributed by atoms with E-state index < -0.39 is 5.97 Å². The van der Waals surface area contributed by atoms with Crippen LogP contribution in [0.3, 0.4) is 0 Å². The molecule has 0 bridgehead atoms. The van der Waals surface area contributed by atoms with Crippen LogP contribution in [0.15, 0.2) is 35.1 Å². The van der Waals surface area contributed by atoms with Gasteiger partial charge in [0, 0.05) is 6.54 Å². The minimum absolute atomic E-state index is 0.191. The van der Waals surface area contributed by atoms with Crippen LogP contribution in [0, 0.1) is 6.92 Å². The Morgan fingerprint density at radius 2 is 2.00 bits per heavy atom. The Labute approximate surface area is 155 Å². The average Bonchev–Trinajstić information content (AvgIpc) is 2.98. The number of thiophene rings is 1. The summed E-state index contributed by atoms with van der Waals surface area (Å²) in [5.41, 5.74) is 1.16. The summed E-state index contributed by atoms with van der Waals surface area (Å²) in [6, 6.07) is 9.37. The van der Waals surface area contributed by atoms with E-state index in [1.807, 2.05) is 37.3 Å². The van der Waals surface area contributed by atoms with E-state index in [9.17, 15) is 9.59 Å². The van der Waals surface area contributed by atoms with Crippen LogP contribution in [-0.4, -0.2) is 28.7 Å². The Morgan fingerprint density at radius 3 is 2.65 bits per heavy atom. The zero-order valence-electron chi connectivity index (χ0n) is 15.0. The van der Waals surface area contributed by atoms with Crippen molar-refractivity contribution in [1.82, 2.24) is 9.55 Å². The lowest BCUT2D eigenvalue weighted by Crippen LogP contribution is -2.24. The molecular weight excluding hydrogens is 350 g/mol. The van der Waals surface area contributed by atoms with Crippen molar-refractivity contribution in [3.63, 3.8) is 0 Å². The Kier molecular flexibility index (Phi) is 5.37. The van der Waals surface area contributed by atoms with Crippen molar-refractivity contribution in [2.45, 2.75) is 27.2 Å². The van der Waals surface area contributed by atoms with Crippen LogP contribution >= 0.6 is 11.3 Å². The van der Waals surface area contributed by atoms with Crippen LogP contribution in [-0.2, 0) is 4.74 Å². The summed E-state index contributed by atoms with van der Waals surface area (Å²) >= 11 is 1.20. The molecule has 0 spiro atoms. The van der Waals surface area contributed by atoms with E-state index in [4.69, 9.17) is 4.74 Å². The second-order valence-corrected chi connectivity index (χ2v) is 6.79. The molecule has 7 heteroatoms. The van der Waals surface area contributed by atoms with Crippen molar-refractivity contribution in [2.24, 2.45) is 0 Å². The van der Waals surface area contributed by atoms with E-state index in [1.165, 1.54) is 11.3 Å². The molecule has 6 nitrogen and oxygen atoms in total. The summed E-state index contributed by atoms with van der Waals surface area (Å²) in [6.07, 6.45) is 0.903. The molecule has 3 rings (SSSR count). The third kappa shape index (κ3) is 3.22.